The third kappa shape index (κ3) is 2.76. The highest BCUT2D eigenvalue weighted by molar-refractivity contribution is 9.10. The number of hydrogen-bond donors (Lipinski definition) is 1. The number of benzene rings is 1. The van der Waals surface area contributed by atoms with Gasteiger partial charge in [-0.05, 0) is 34.1 Å². The topological polar surface area (TPSA) is 29.1 Å². The molecule has 0 radical (unpaired) electrons. The van der Waals surface area contributed by atoms with E-state index in [9.17, 15) is 4.79 Å². The number of para-hydroxylation sites is 1. The zero-order valence-corrected chi connectivity index (χ0v) is 12.2. The van der Waals surface area contributed by atoms with Gasteiger partial charge in [-0.15, -0.1) is 0 Å². The first-order chi connectivity index (χ1) is 8.59. The standard InChI is InChI=1S/C14H12BrNOS/c1-9-5-4-6-10(13(9)18)14(17)16-12-8-3-2-7-11(12)15/h2-9H,1H3,(H,16,17). The summed E-state index contributed by atoms with van der Waals surface area (Å²) < 4.78 is 0.851. The van der Waals surface area contributed by atoms with Gasteiger partial charge in [-0.2, -0.15) is 0 Å². The van der Waals surface area contributed by atoms with Crippen molar-refractivity contribution in [3.63, 3.8) is 0 Å². The van der Waals surface area contributed by atoms with Crippen molar-refractivity contribution in [3.05, 3.63) is 52.5 Å². The van der Waals surface area contributed by atoms with Crippen LogP contribution in [-0.2, 0) is 4.79 Å². The Bertz CT molecular complexity index is 563. The second-order valence-electron chi connectivity index (χ2n) is 4.05. The summed E-state index contributed by atoms with van der Waals surface area (Å²) in [7, 11) is 0. The normalized spacial score (nSPS) is 18.4. The van der Waals surface area contributed by atoms with Gasteiger partial charge in [-0.1, -0.05) is 43.4 Å². The van der Waals surface area contributed by atoms with Crippen LogP contribution in [0.3, 0.4) is 0 Å². The summed E-state index contributed by atoms with van der Waals surface area (Å²) in [6.07, 6.45) is 5.61. The summed E-state index contributed by atoms with van der Waals surface area (Å²) in [5.74, 6) is -0.0342. The quantitative estimate of drug-likeness (QED) is 0.837. The first-order valence-electron chi connectivity index (χ1n) is 5.58. The highest BCUT2D eigenvalue weighted by Crippen LogP contribution is 2.23. The highest BCUT2D eigenvalue weighted by Gasteiger charge is 2.20. The number of halogens is 1. The van der Waals surface area contributed by atoms with Crippen molar-refractivity contribution in [1.29, 1.82) is 0 Å². The predicted molar refractivity (Wildman–Crippen MR) is 81.8 cm³/mol. The third-order valence-electron chi connectivity index (χ3n) is 2.71. The van der Waals surface area contributed by atoms with Crippen LogP contribution in [0.15, 0.2) is 52.5 Å². The molecule has 1 aliphatic rings. The van der Waals surface area contributed by atoms with Crippen LogP contribution in [0.1, 0.15) is 6.92 Å². The van der Waals surface area contributed by atoms with Crippen LogP contribution >= 0.6 is 28.1 Å². The molecule has 2 rings (SSSR count). The average Bonchev–Trinajstić information content (AvgIpc) is 2.35. The Hall–Kier alpha value is -1.26. The van der Waals surface area contributed by atoms with Crippen molar-refractivity contribution in [1.82, 2.24) is 0 Å². The fourth-order valence-electron chi connectivity index (χ4n) is 1.67. The Kier molecular flexibility index (Phi) is 4.09. The van der Waals surface area contributed by atoms with Crippen LogP contribution in [0.25, 0.3) is 0 Å². The molecule has 0 aromatic heterocycles. The zero-order valence-electron chi connectivity index (χ0n) is 9.81. The van der Waals surface area contributed by atoms with E-state index in [1.54, 1.807) is 6.08 Å². The van der Waals surface area contributed by atoms with Crippen LogP contribution in [0.4, 0.5) is 5.69 Å². The molecule has 1 aromatic carbocycles. The first-order valence-corrected chi connectivity index (χ1v) is 6.78. The molecule has 1 atom stereocenters. The van der Waals surface area contributed by atoms with Gasteiger partial charge in [0.2, 0.25) is 0 Å². The molecular formula is C14H12BrNOS. The number of carbonyl (C=O) groups is 1. The first kappa shape index (κ1) is 13.2. The molecule has 18 heavy (non-hydrogen) atoms. The summed E-state index contributed by atoms with van der Waals surface area (Å²) >= 11 is 8.68. The van der Waals surface area contributed by atoms with E-state index in [1.807, 2.05) is 43.3 Å². The molecule has 0 bridgehead atoms. The summed E-state index contributed by atoms with van der Waals surface area (Å²) in [4.78, 5) is 12.8. The van der Waals surface area contributed by atoms with Crippen molar-refractivity contribution >= 4 is 44.6 Å². The molecule has 2 nitrogen and oxygen atoms in total. The van der Waals surface area contributed by atoms with E-state index in [0.29, 0.717) is 10.4 Å². The second kappa shape index (κ2) is 5.59. The Morgan fingerprint density at radius 1 is 1.39 bits per heavy atom. The van der Waals surface area contributed by atoms with Crippen molar-refractivity contribution in [3.8, 4) is 0 Å². The molecule has 1 aromatic rings. The SMILES string of the molecule is CC1C=CC=C(C(=O)Nc2ccccc2Br)C1=S. The molecule has 0 saturated carbocycles. The van der Waals surface area contributed by atoms with E-state index < -0.39 is 0 Å². The molecule has 0 aliphatic heterocycles. The number of anilines is 1. The lowest BCUT2D eigenvalue weighted by molar-refractivity contribution is -0.112. The van der Waals surface area contributed by atoms with Gasteiger partial charge in [-0.3, -0.25) is 4.79 Å². The average molecular weight is 322 g/mol. The monoisotopic (exact) mass is 321 g/mol. The second-order valence-corrected chi connectivity index (χ2v) is 5.35. The van der Waals surface area contributed by atoms with E-state index in [4.69, 9.17) is 12.2 Å². The Morgan fingerprint density at radius 3 is 2.83 bits per heavy atom. The van der Waals surface area contributed by atoms with E-state index in [-0.39, 0.29) is 11.8 Å². The van der Waals surface area contributed by atoms with Crippen molar-refractivity contribution in [2.75, 3.05) is 5.32 Å². The minimum absolute atomic E-state index is 0.130. The number of amides is 1. The maximum Gasteiger partial charge on any atom is 0.256 e. The molecule has 0 fully saturated rings. The molecule has 1 unspecified atom stereocenters. The molecule has 0 spiro atoms. The van der Waals surface area contributed by atoms with Crippen molar-refractivity contribution in [2.45, 2.75) is 6.92 Å². The molecule has 1 amide bonds. The number of allylic oxidation sites excluding steroid dienone is 3. The smallest absolute Gasteiger partial charge is 0.256 e. The van der Waals surface area contributed by atoms with Gasteiger partial charge in [-0.25, -0.2) is 0 Å². The fraction of sp³-hybridized carbons (Fsp3) is 0.143. The summed E-state index contributed by atoms with van der Waals surface area (Å²) in [5.41, 5.74) is 1.31. The maximum absolute atomic E-state index is 12.2. The maximum atomic E-state index is 12.2. The van der Waals surface area contributed by atoms with Crippen LogP contribution in [0, 0.1) is 5.92 Å². The molecule has 1 N–H and O–H groups in total. The minimum atomic E-state index is -0.164. The van der Waals surface area contributed by atoms with Crippen molar-refractivity contribution < 1.29 is 4.79 Å². The largest absolute Gasteiger partial charge is 0.321 e. The van der Waals surface area contributed by atoms with E-state index in [1.165, 1.54) is 0 Å². The molecule has 0 heterocycles. The van der Waals surface area contributed by atoms with Gasteiger partial charge in [0.1, 0.15) is 0 Å². The lowest BCUT2D eigenvalue weighted by Crippen LogP contribution is -2.24. The number of thiocarbonyl (C=S) groups is 1. The van der Waals surface area contributed by atoms with E-state index in [0.717, 1.165) is 10.2 Å². The molecule has 4 heteroatoms. The van der Waals surface area contributed by atoms with Crippen LogP contribution in [0.5, 0.6) is 0 Å². The van der Waals surface area contributed by atoms with Gasteiger partial charge < -0.3 is 5.32 Å². The summed E-state index contributed by atoms with van der Waals surface area (Å²) in [6, 6.07) is 7.49. The minimum Gasteiger partial charge on any atom is -0.321 e. The third-order valence-corrected chi connectivity index (χ3v) is 3.99. The van der Waals surface area contributed by atoms with Gasteiger partial charge in [0.05, 0.1) is 11.3 Å². The van der Waals surface area contributed by atoms with Gasteiger partial charge in [0, 0.05) is 15.3 Å². The van der Waals surface area contributed by atoms with Gasteiger partial charge >= 0.3 is 0 Å². The molecule has 1 aliphatic carbocycles. The van der Waals surface area contributed by atoms with Crippen LogP contribution in [0.2, 0.25) is 0 Å². The number of carbonyl (C=O) groups excluding carboxylic acids is 1. The van der Waals surface area contributed by atoms with E-state index in [2.05, 4.69) is 21.2 Å². The summed E-state index contributed by atoms with van der Waals surface area (Å²) in [5, 5.41) is 2.86. The van der Waals surface area contributed by atoms with Crippen LogP contribution < -0.4 is 5.32 Å². The fourth-order valence-corrected chi connectivity index (χ4v) is 2.30. The van der Waals surface area contributed by atoms with Crippen LogP contribution in [-0.4, -0.2) is 10.8 Å². The van der Waals surface area contributed by atoms with Crippen molar-refractivity contribution in [2.24, 2.45) is 5.92 Å². The lowest BCUT2D eigenvalue weighted by atomic mass is 9.95. The number of rotatable bonds is 2. The summed E-state index contributed by atoms with van der Waals surface area (Å²) in [6.45, 7) is 1.98. The number of nitrogens with one attached hydrogen (secondary N) is 1. The Balaban J connectivity index is 2.19. The van der Waals surface area contributed by atoms with E-state index >= 15 is 0 Å². The lowest BCUT2D eigenvalue weighted by Gasteiger charge is -2.16. The highest BCUT2D eigenvalue weighted by atomic mass is 79.9. The molecule has 0 saturated heterocycles. The molecular weight excluding hydrogens is 310 g/mol. The predicted octanol–water partition coefficient (Wildman–Crippen LogP) is 3.89. The Labute approximate surface area is 120 Å². The molecule has 92 valence electrons. The van der Waals surface area contributed by atoms with Gasteiger partial charge in [0.15, 0.2) is 0 Å². The van der Waals surface area contributed by atoms with Gasteiger partial charge in [0.25, 0.3) is 5.91 Å². The number of hydrogen-bond acceptors (Lipinski definition) is 2. The zero-order chi connectivity index (χ0) is 13.1. The Morgan fingerprint density at radius 2 is 2.11 bits per heavy atom.